The Labute approximate surface area is 108 Å². The number of fused-ring (bicyclic) bond motifs is 1. The lowest BCUT2D eigenvalue weighted by molar-refractivity contribution is 0.690. The van der Waals surface area contributed by atoms with Crippen molar-refractivity contribution in [2.45, 2.75) is 24.3 Å². The van der Waals surface area contributed by atoms with Crippen molar-refractivity contribution < 1.29 is 0 Å². The summed E-state index contributed by atoms with van der Waals surface area (Å²) in [5.41, 5.74) is 0.215. The van der Waals surface area contributed by atoms with E-state index in [0.717, 1.165) is 9.72 Å². The maximum atomic E-state index is 12.0. The van der Waals surface area contributed by atoms with E-state index in [1.54, 1.807) is 23.4 Å². The summed E-state index contributed by atoms with van der Waals surface area (Å²) >= 11 is 1.57. The molecule has 2 rings (SSSR count). The summed E-state index contributed by atoms with van der Waals surface area (Å²) in [4.78, 5) is 28.2. The summed E-state index contributed by atoms with van der Waals surface area (Å²) in [5, 5.41) is 1.11. The van der Waals surface area contributed by atoms with Crippen molar-refractivity contribution in [2.75, 3.05) is 0 Å². The number of nitrogens with zero attached hydrogens (tertiary/aromatic N) is 4. The standard InChI is InChI=1S/C11H16N4O2S/c1-6(2)18-10-12-7-8(13(10)3)14(4)11(17)15(5)9(7)16/h6H,1-5H3. The van der Waals surface area contributed by atoms with Crippen LogP contribution in [0.2, 0.25) is 0 Å². The average molecular weight is 268 g/mol. The molecule has 0 aromatic carbocycles. The molecule has 0 bridgehead atoms. The molecule has 0 aliphatic rings. The molecular weight excluding hydrogens is 252 g/mol. The van der Waals surface area contributed by atoms with E-state index in [4.69, 9.17) is 0 Å². The third-order valence-electron chi connectivity index (χ3n) is 2.76. The van der Waals surface area contributed by atoms with Crippen LogP contribution in [0, 0.1) is 0 Å². The second-order valence-electron chi connectivity index (χ2n) is 4.50. The van der Waals surface area contributed by atoms with Gasteiger partial charge in [0, 0.05) is 26.4 Å². The van der Waals surface area contributed by atoms with E-state index in [-0.39, 0.29) is 11.2 Å². The van der Waals surface area contributed by atoms with Gasteiger partial charge in [0.25, 0.3) is 5.56 Å². The maximum Gasteiger partial charge on any atom is 0.332 e. The van der Waals surface area contributed by atoms with Crippen LogP contribution in [0.4, 0.5) is 0 Å². The fourth-order valence-corrected chi connectivity index (χ4v) is 2.69. The Morgan fingerprint density at radius 2 is 1.67 bits per heavy atom. The summed E-state index contributed by atoms with van der Waals surface area (Å²) in [6.07, 6.45) is 0. The number of imidazole rings is 1. The molecule has 18 heavy (non-hydrogen) atoms. The van der Waals surface area contributed by atoms with Gasteiger partial charge >= 0.3 is 5.69 Å². The lowest BCUT2D eigenvalue weighted by Crippen LogP contribution is -2.37. The molecule has 0 atom stereocenters. The smallest absolute Gasteiger partial charge is 0.308 e. The van der Waals surface area contributed by atoms with Crippen molar-refractivity contribution in [1.29, 1.82) is 0 Å². The van der Waals surface area contributed by atoms with Crippen molar-refractivity contribution in [1.82, 2.24) is 18.7 Å². The summed E-state index contributed by atoms with van der Waals surface area (Å²) in [6.45, 7) is 4.11. The average Bonchev–Trinajstić information content (AvgIpc) is 2.61. The van der Waals surface area contributed by atoms with Crippen LogP contribution in [0.15, 0.2) is 14.7 Å². The highest BCUT2D eigenvalue weighted by Gasteiger charge is 2.17. The van der Waals surface area contributed by atoms with Gasteiger partial charge in [0.05, 0.1) is 0 Å². The Balaban J connectivity index is 2.89. The number of aromatic nitrogens is 4. The van der Waals surface area contributed by atoms with Crippen LogP contribution >= 0.6 is 11.8 Å². The molecule has 0 radical (unpaired) electrons. The topological polar surface area (TPSA) is 61.8 Å². The van der Waals surface area contributed by atoms with Crippen LogP contribution in [0.25, 0.3) is 11.2 Å². The lowest BCUT2D eigenvalue weighted by Gasteiger charge is -2.06. The summed E-state index contributed by atoms with van der Waals surface area (Å²) < 4.78 is 4.33. The summed E-state index contributed by atoms with van der Waals surface area (Å²) in [7, 11) is 4.93. The van der Waals surface area contributed by atoms with Gasteiger partial charge in [-0.1, -0.05) is 25.6 Å². The van der Waals surface area contributed by atoms with Crippen molar-refractivity contribution >= 4 is 22.9 Å². The lowest BCUT2D eigenvalue weighted by atomic mass is 10.5. The van der Waals surface area contributed by atoms with Gasteiger partial charge in [-0.25, -0.2) is 9.78 Å². The van der Waals surface area contributed by atoms with Gasteiger partial charge in [-0.05, 0) is 0 Å². The molecule has 0 fully saturated rings. The SMILES string of the molecule is CC(C)Sc1nc2c(=O)n(C)c(=O)n(C)c2n1C. The van der Waals surface area contributed by atoms with Gasteiger partial charge < -0.3 is 4.57 Å². The highest BCUT2D eigenvalue weighted by Crippen LogP contribution is 2.23. The van der Waals surface area contributed by atoms with E-state index in [9.17, 15) is 9.59 Å². The molecule has 2 heterocycles. The van der Waals surface area contributed by atoms with Gasteiger partial charge in [-0.3, -0.25) is 13.9 Å². The fourth-order valence-electron chi connectivity index (χ4n) is 1.87. The fraction of sp³-hybridized carbons (Fsp3) is 0.545. The second-order valence-corrected chi connectivity index (χ2v) is 6.04. The molecule has 2 aromatic rings. The maximum absolute atomic E-state index is 12.0. The van der Waals surface area contributed by atoms with Gasteiger partial charge in [-0.15, -0.1) is 0 Å². The first kappa shape index (κ1) is 12.9. The molecule has 0 unspecified atom stereocenters. The summed E-state index contributed by atoms with van der Waals surface area (Å²) in [5.74, 6) is 0. The number of hydrogen-bond donors (Lipinski definition) is 0. The van der Waals surface area contributed by atoms with E-state index < -0.39 is 0 Å². The van der Waals surface area contributed by atoms with E-state index in [1.165, 1.54) is 11.6 Å². The van der Waals surface area contributed by atoms with Crippen LogP contribution < -0.4 is 11.2 Å². The second kappa shape index (κ2) is 4.31. The molecule has 0 amide bonds. The largest absolute Gasteiger partial charge is 0.332 e. The molecule has 0 saturated heterocycles. The van der Waals surface area contributed by atoms with Crippen molar-refractivity contribution in [3.8, 4) is 0 Å². The molecule has 0 saturated carbocycles. The third-order valence-corrected chi connectivity index (χ3v) is 3.81. The van der Waals surface area contributed by atoms with E-state index in [1.807, 2.05) is 7.05 Å². The van der Waals surface area contributed by atoms with E-state index >= 15 is 0 Å². The third kappa shape index (κ3) is 1.78. The van der Waals surface area contributed by atoms with Crippen LogP contribution in [0.3, 0.4) is 0 Å². The zero-order valence-electron chi connectivity index (χ0n) is 11.1. The minimum Gasteiger partial charge on any atom is -0.308 e. The van der Waals surface area contributed by atoms with Crippen molar-refractivity contribution in [2.24, 2.45) is 21.1 Å². The molecule has 98 valence electrons. The highest BCUT2D eigenvalue weighted by molar-refractivity contribution is 7.99. The predicted octanol–water partition coefficient (Wildman–Crippen LogP) is 0.471. The first-order valence-electron chi connectivity index (χ1n) is 5.63. The van der Waals surface area contributed by atoms with E-state index in [2.05, 4.69) is 18.8 Å². The number of rotatable bonds is 2. The molecular formula is C11H16N4O2S. The van der Waals surface area contributed by atoms with Crippen LogP contribution in [-0.2, 0) is 21.1 Å². The van der Waals surface area contributed by atoms with Gasteiger partial charge in [-0.2, -0.15) is 0 Å². The Kier molecular flexibility index (Phi) is 3.10. The Bertz CT molecular complexity index is 723. The summed E-state index contributed by atoms with van der Waals surface area (Å²) in [6, 6.07) is 0. The highest BCUT2D eigenvalue weighted by atomic mass is 32.2. The minimum atomic E-state index is -0.348. The molecule has 7 heteroatoms. The molecule has 0 spiro atoms. The van der Waals surface area contributed by atoms with Gasteiger partial charge in [0.1, 0.15) is 0 Å². The van der Waals surface area contributed by atoms with Crippen LogP contribution in [-0.4, -0.2) is 23.9 Å². The molecule has 0 aliphatic carbocycles. The van der Waals surface area contributed by atoms with Gasteiger partial charge in [0.2, 0.25) is 0 Å². The van der Waals surface area contributed by atoms with E-state index in [0.29, 0.717) is 16.4 Å². The molecule has 6 nitrogen and oxygen atoms in total. The zero-order chi connectivity index (χ0) is 13.6. The Hall–Kier alpha value is -1.50. The monoisotopic (exact) mass is 268 g/mol. The predicted molar refractivity (Wildman–Crippen MR) is 72.2 cm³/mol. The van der Waals surface area contributed by atoms with Crippen molar-refractivity contribution in [3.05, 3.63) is 20.8 Å². The Morgan fingerprint density at radius 1 is 1.06 bits per heavy atom. The number of thioether (sulfide) groups is 1. The first-order valence-corrected chi connectivity index (χ1v) is 6.51. The molecule has 2 aromatic heterocycles. The quantitative estimate of drug-likeness (QED) is 0.743. The molecule has 0 aliphatic heterocycles. The van der Waals surface area contributed by atoms with Crippen LogP contribution in [0.1, 0.15) is 13.8 Å². The van der Waals surface area contributed by atoms with Gasteiger partial charge in [0.15, 0.2) is 16.3 Å². The first-order chi connectivity index (χ1) is 8.34. The number of hydrogen-bond acceptors (Lipinski definition) is 4. The van der Waals surface area contributed by atoms with Crippen LogP contribution in [0.5, 0.6) is 0 Å². The minimum absolute atomic E-state index is 0.336. The van der Waals surface area contributed by atoms with Crippen molar-refractivity contribution in [3.63, 3.8) is 0 Å². The normalized spacial score (nSPS) is 11.7. The number of aryl methyl sites for hydroxylation is 2. The zero-order valence-corrected chi connectivity index (χ0v) is 11.9. The Morgan fingerprint density at radius 3 is 2.22 bits per heavy atom. The molecule has 0 N–H and O–H groups in total.